The van der Waals surface area contributed by atoms with E-state index in [0.29, 0.717) is 5.02 Å². The molecule has 2 aromatic carbocycles. The molecule has 104 valence electrons. The van der Waals surface area contributed by atoms with Crippen molar-refractivity contribution in [2.75, 3.05) is 17.2 Å². The molecule has 0 aliphatic heterocycles. The third-order valence-corrected chi connectivity index (χ3v) is 4.01. The molecule has 0 aromatic heterocycles. The predicted octanol–water partition coefficient (Wildman–Crippen LogP) is 4.46. The summed E-state index contributed by atoms with van der Waals surface area (Å²) in [5.41, 5.74) is 2.70. The molecule has 0 radical (unpaired) electrons. The summed E-state index contributed by atoms with van der Waals surface area (Å²) in [7, 11) is 0. The smallest absolute Gasteiger partial charge is 0.243 e. The fraction of sp³-hybridized carbons (Fsp3) is 0.133. The number of benzene rings is 2. The van der Waals surface area contributed by atoms with Crippen molar-refractivity contribution in [2.45, 2.75) is 6.92 Å². The van der Waals surface area contributed by atoms with Gasteiger partial charge < -0.3 is 10.6 Å². The maximum absolute atomic E-state index is 11.9. The van der Waals surface area contributed by atoms with E-state index in [1.54, 1.807) is 6.07 Å². The van der Waals surface area contributed by atoms with E-state index in [0.717, 1.165) is 21.4 Å². The van der Waals surface area contributed by atoms with Crippen LogP contribution in [0.25, 0.3) is 0 Å². The van der Waals surface area contributed by atoms with Crippen LogP contribution in [0.3, 0.4) is 0 Å². The van der Waals surface area contributed by atoms with Gasteiger partial charge in [0.05, 0.1) is 11.6 Å². The zero-order valence-corrected chi connectivity index (χ0v) is 13.3. The van der Waals surface area contributed by atoms with Crippen molar-refractivity contribution in [3.63, 3.8) is 0 Å². The van der Waals surface area contributed by atoms with E-state index in [4.69, 9.17) is 11.6 Å². The van der Waals surface area contributed by atoms with Crippen LogP contribution in [0.4, 0.5) is 11.4 Å². The molecule has 0 saturated carbocycles. The van der Waals surface area contributed by atoms with Gasteiger partial charge in [-0.3, -0.25) is 4.79 Å². The van der Waals surface area contributed by atoms with E-state index < -0.39 is 0 Å². The van der Waals surface area contributed by atoms with Gasteiger partial charge in [0.15, 0.2) is 0 Å². The van der Waals surface area contributed by atoms with Crippen LogP contribution in [0.1, 0.15) is 5.56 Å². The zero-order valence-electron chi connectivity index (χ0n) is 10.9. The minimum Gasteiger partial charge on any atom is -0.376 e. The molecule has 0 heterocycles. The summed E-state index contributed by atoms with van der Waals surface area (Å²) >= 11 is 9.26. The van der Waals surface area contributed by atoms with E-state index in [-0.39, 0.29) is 12.5 Å². The number of aryl methyl sites for hydroxylation is 1. The number of halogens is 2. The average Bonchev–Trinajstić information content (AvgIpc) is 2.43. The highest BCUT2D eigenvalue weighted by Gasteiger charge is 2.05. The largest absolute Gasteiger partial charge is 0.376 e. The summed E-state index contributed by atoms with van der Waals surface area (Å²) in [6.45, 7) is 2.15. The van der Waals surface area contributed by atoms with Crippen molar-refractivity contribution in [1.82, 2.24) is 0 Å². The number of anilines is 2. The highest BCUT2D eigenvalue weighted by Crippen LogP contribution is 2.25. The van der Waals surface area contributed by atoms with Crippen LogP contribution in [0.5, 0.6) is 0 Å². The van der Waals surface area contributed by atoms with E-state index in [9.17, 15) is 4.79 Å². The molecule has 0 spiro atoms. The van der Waals surface area contributed by atoms with Gasteiger partial charge in [-0.05, 0) is 52.7 Å². The van der Waals surface area contributed by atoms with E-state index in [1.165, 1.54) is 0 Å². The van der Waals surface area contributed by atoms with Crippen LogP contribution < -0.4 is 10.6 Å². The van der Waals surface area contributed by atoms with Crippen molar-refractivity contribution >= 4 is 44.8 Å². The quantitative estimate of drug-likeness (QED) is 0.852. The van der Waals surface area contributed by atoms with Crippen LogP contribution in [0.15, 0.2) is 46.9 Å². The summed E-state index contributed by atoms with van der Waals surface area (Å²) < 4.78 is 0.795. The van der Waals surface area contributed by atoms with Crippen LogP contribution in [-0.4, -0.2) is 12.5 Å². The first-order valence-electron chi connectivity index (χ1n) is 6.10. The Morgan fingerprint density at radius 1 is 1.25 bits per heavy atom. The van der Waals surface area contributed by atoms with Gasteiger partial charge in [0.2, 0.25) is 5.91 Å². The molecule has 2 N–H and O–H groups in total. The number of hydrogen-bond acceptors (Lipinski definition) is 2. The van der Waals surface area contributed by atoms with Gasteiger partial charge >= 0.3 is 0 Å². The predicted molar refractivity (Wildman–Crippen MR) is 87.5 cm³/mol. The number of nitrogens with one attached hydrogen (secondary N) is 2. The van der Waals surface area contributed by atoms with E-state index in [1.807, 2.05) is 43.3 Å². The molecule has 3 nitrogen and oxygen atoms in total. The van der Waals surface area contributed by atoms with Crippen LogP contribution >= 0.6 is 27.5 Å². The van der Waals surface area contributed by atoms with Crippen molar-refractivity contribution in [3.05, 3.63) is 57.5 Å². The minimum absolute atomic E-state index is 0.0922. The Morgan fingerprint density at radius 2 is 2.00 bits per heavy atom. The topological polar surface area (TPSA) is 41.1 Å². The Labute approximate surface area is 131 Å². The van der Waals surface area contributed by atoms with Gasteiger partial charge in [0.1, 0.15) is 0 Å². The lowest BCUT2D eigenvalue weighted by Gasteiger charge is -2.10. The van der Waals surface area contributed by atoms with Gasteiger partial charge in [-0.15, -0.1) is 0 Å². The molecule has 0 fully saturated rings. The Balaban J connectivity index is 1.92. The van der Waals surface area contributed by atoms with Crippen molar-refractivity contribution < 1.29 is 4.79 Å². The second-order valence-corrected chi connectivity index (χ2v) is 5.61. The summed E-state index contributed by atoms with van der Waals surface area (Å²) in [4.78, 5) is 11.9. The highest BCUT2D eigenvalue weighted by molar-refractivity contribution is 9.10. The number of hydrogen-bond donors (Lipinski definition) is 2. The second kappa shape index (κ2) is 6.77. The molecule has 5 heteroatoms. The first-order chi connectivity index (χ1) is 9.56. The standard InChI is InChI=1S/C15H14BrClN2O/c1-10-4-2-3-5-14(10)19-15(20)9-18-11-6-7-13(17)12(16)8-11/h2-8,18H,9H2,1H3,(H,19,20). The third kappa shape index (κ3) is 3.99. The number of para-hydroxylation sites is 1. The van der Waals surface area contributed by atoms with Gasteiger partial charge in [0, 0.05) is 15.8 Å². The average molecular weight is 354 g/mol. The van der Waals surface area contributed by atoms with Crippen LogP contribution in [0, 0.1) is 6.92 Å². The third-order valence-electron chi connectivity index (χ3n) is 2.79. The van der Waals surface area contributed by atoms with Gasteiger partial charge in [-0.2, -0.15) is 0 Å². The molecule has 2 aromatic rings. The lowest BCUT2D eigenvalue weighted by Crippen LogP contribution is -2.22. The van der Waals surface area contributed by atoms with Crippen LogP contribution in [-0.2, 0) is 4.79 Å². The van der Waals surface area contributed by atoms with Gasteiger partial charge in [-0.1, -0.05) is 29.8 Å². The highest BCUT2D eigenvalue weighted by atomic mass is 79.9. The molecule has 0 saturated heterocycles. The molecule has 0 aliphatic carbocycles. The van der Waals surface area contributed by atoms with E-state index >= 15 is 0 Å². The Kier molecular flexibility index (Phi) is 5.04. The fourth-order valence-electron chi connectivity index (χ4n) is 1.70. The Bertz CT molecular complexity index is 631. The molecule has 1 amide bonds. The number of carbonyl (C=O) groups excluding carboxylic acids is 1. The Hall–Kier alpha value is -1.52. The van der Waals surface area contributed by atoms with Crippen molar-refractivity contribution in [3.8, 4) is 0 Å². The van der Waals surface area contributed by atoms with Crippen molar-refractivity contribution in [2.24, 2.45) is 0 Å². The number of rotatable bonds is 4. The Morgan fingerprint density at radius 3 is 2.70 bits per heavy atom. The normalized spacial score (nSPS) is 10.2. The maximum Gasteiger partial charge on any atom is 0.243 e. The number of amides is 1. The van der Waals surface area contributed by atoms with Gasteiger partial charge in [-0.25, -0.2) is 0 Å². The number of carbonyl (C=O) groups is 1. The summed E-state index contributed by atoms with van der Waals surface area (Å²) in [6, 6.07) is 13.1. The van der Waals surface area contributed by atoms with Crippen molar-refractivity contribution in [1.29, 1.82) is 0 Å². The van der Waals surface area contributed by atoms with Crippen LogP contribution in [0.2, 0.25) is 5.02 Å². The minimum atomic E-state index is -0.0922. The lowest BCUT2D eigenvalue weighted by molar-refractivity contribution is -0.114. The summed E-state index contributed by atoms with van der Waals surface area (Å²) in [6.07, 6.45) is 0. The first kappa shape index (κ1) is 14.9. The monoisotopic (exact) mass is 352 g/mol. The summed E-state index contributed by atoms with van der Waals surface area (Å²) in [5.74, 6) is -0.0922. The molecular formula is C15H14BrClN2O. The fourth-order valence-corrected chi connectivity index (χ4v) is 2.19. The molecular weight excluding hydrogens is 340 g/mol. The SMILES string of the molecule is Cc1ccccc1NC(=O)CNc1ccc(Cl)c(Br)c1. The molecule has 0 bridgehead atoms. The maximum atomic E-state index is 11.9. The molecule has 0 unspecified atom stereocenters. The first-order valence-corrected chi connectivity index (χ1v) is 7.28. The molecule has 0 atom stereocenters. The van der Waals surface area contributed by atoms with E-state index in [2.05, 4.69) is 26.6 Å². The molecule has 0 aliphatic rings. The second-order valence-electron chi connectivity index (χ2n) is 4.35. The summed E-state index contributed by atoms with van der Waals surface area (Å²) in [5, 5.41) is 6.56. The van der Waals surface area contributed by atoms with Gasteiger partial charge in [0.25, 0.3) is 0 Å². The lowest BCUT2D eigenvalue weighted by atomic mass is 10.2. The molecule has 2 rings (SSSR count). The zero-order chi connectivity index (χ0) is 14.5. The molecule has 20 heavy (non-hydrogen) atoms.